The monoisotopic (exact) mass is 225 g/mol. The normalized spacial score (nSPS) is 11.9. The highest BCUT2D eigenvalue weighted by Crippen LogP contribution is 2.18. The molecule has 0 spiro atoms. The Bertz CT molecular complexity index is 375. The lowest BCUT2D eigenvalue weighted by Gasteiger charge is -2.11. The van der Waals surface area contributed by atoms with Crippen molar-refractivity contribution in [3.63, 3.8) is 0 Å². The van der Waals surface area contributed by atoms with Crippen LogP contribution in [0.4, 0.5) is 4.39 Å². The van der Waals surface area contributed by atoms with Crippen molar-refractivity contribution in [1.29, 1.82) is 5.26 Å². The van der Waals surface area contributed by atoms with Gasteiger partial charge in [-0.15, -0.1) is 0 Å². The van der Waals surface area contributed by atoms with E-state index in [9.17, 15) is 4.39 Å². The summed E-state index contributed by atoms with van der Waals surface area (Å²) in [6, 6.07) is 6.03. The minimum atomic E-state index is -0.500. The van der Waals surface area contributed by atoms with E-state index in [4.69, 9.17) is 10.00 Å². The Labute approximate surface area is 94.1 Å². The minimum Gasteiger partial charge on any atom is -0.490 e. The summed E-state index contributed by atoms with van der Waals surface area (Å²) < 4.78 is 18.6. The maximum absolute atomic E-state index is 13.3. The molecule has 1 rings (SSSR count). The van der Waals surface area contributed by atoms with Crippen LogP contribution >= 0.6 is 12.6 Å². The van der Waals surface area contributed by atoms with Gasteiger partial charge in [-0.3, -0.25) is 0 Å². The van der Waals surface area contributed by atoms with Crippen LogP contribution < -0.4 is 4.74 Å². The van der Waals surface area contributed by atoms with E-state index in [1.165, 1.54) is 18.2 Å². The Morgan fingerprint density at radius 3 is 2.87 bits per heavy atom. The van der Waals surface area contributed by atoms with Gasteiger partial charge in [-0.2, -0.15) is 17.9 Å². The van der Waals surface area contributed by atoms with Crippen LogP contribution in [0.3, 0.4) is 0 Å². The zero-order chi connectivity index (χ0) is 11.3. The summed E-state index contributed by atoms with van der Waals surface area (Å²) in [6.07, 6.45) is 0. The van der Waals surface area contributed by atoms with E-state index in [1.807, 2.05) is 13.0 Å². The van der Waals surface area contributed by atoms with Crippen molar-refractivity contribution in [1.82, 2.24) is 0 Å². The molecule has 0 N–H and O–H groups in total. The van der Waals surface area contributed by atoms with Crippen LogP contribution in [0.25, 0.3) is 0 Å². The van der Waals surface area contributed by atoms with Gasteiger partial charge in [0.05, 0.1) is 18.2 Å². The third kappa shape index (κ3) is 3.45. The van der Waals surface area contributed by atoms with Crippen molar-refractivity contribution >= 4 is 12.6 Å². The number of thiol groups is 1. The molecular formula is C11H12FNOS. The molecule has 2 nitrogen and oxygen atoms in total. The molecule has 1 atom stereocenters. The van der Waals surface area contributed by atoms with Crippen molar-refractivity contribution in [2.24, 2.45) is 5.92 Å². The topological polar surface area (TPSA) is 33.0 Å². The Morgan fingerprint density at radius 1 is 1.60 bits per heavy atom. The van der Waals surface area contributed by atoms with Crippen LogP contribution in [0.5, 0.6) is 5.75 Å². The standard InChI is InChI=1S/C11H12FNOS/c1-8(7-15)6-14-11-3-2-9(5-13)4-10(11)12/h2-4,8,15H,6-7H2,1H3. The van der Waals surface area contributed by atoms with E-state index in [0.29, 0.717) is 17.9 Å². The summed E-state index contributed by atoms with van der Waals surface area (Å²) in [4.78, 5) is 0. The van der Waals surface area contributed by atoms with Gasteiger partial charge in [-0.1, -0.05) is 6.92 Å². The molecule has 0 aliphatic heterocycles. The molecule has 0 aromatic heterocycles. The number of nitrogens with zero attached hydrogens (tertiary/aromatic N) is 1. The predicted octanol–water partition coefficient (Wildman–Crippen LogP) is 2.64. The van der Waals surface area contributed by atoms with Crippen LogP contribution in [0.2, 0.25) is 0 Å². The van der Waals surface area contributed by atoms with Crippen molar-refractivity contribution < 1.29 is 9.13 Å². The number of rotatable bonds is 4. The molecule has 15 heavy (non-hydrogen) atoms. The Morgan fingerprint density at radius 2 is 2.33 bits per heavy atom. The number of benzene rings is 1. The smallest absolute Gasteiger partial charge is 0.166 e. The average molecular weight is 225 g/mol. The maximum atomic E-state index is 13.3. The van der Waals surface area contributed by atoms with Gasteiger partial charge in [0.1, 0.15) is 0 Å². The van der Waals surface area contributed by atoms with E-state index < -0.39 is 5.82 Å². The summed E-state index contributed by atoms with van der Waals surface area (Å²) in [7, 11) is 0. The molecule has 0 saturated carbocycles. The second kappa shape index (κ2) is 5.62. The summed E-state index contributed by atoms with van der Waals surface area (Å²) in [5.41, 5.74) is 0.294. The van der Waals surface area contributed by atoms with Gasteiger partial charge in [0.15, 0.2) is 11.6 Å². The minimum absolute atomic E-state index is 0.183. The van der Waals surface area contributed by atoms with Gasteiger partial charge in [0, 0.05) is 0 Å². The quantitative estimate of drug-likeness (QED) is 0.799. The number of halogens is 1. The molecule has 80 valence electrons. The molecular weight excluding hydrogens is 213 g/mol. The third-order valence-electron chi connectivity index (χ3n) is 1.90. The molecule has 0 bridgehead atoms. The molecule has 4 heteroatoms. The zero-order valence-corrected chi connectivity index (χ0v) is 9.30. The fraction of sp³-hybridized carbons (Fsp3) is 0.364. The SMILES string of the molecule is CC(CS)COc1ccc(C#N)cc1F. The van der Waals surface area contributed by atoms with Gasteiger partial charge in [-0.25, -0.2) is 4.39 Å². The summed E-state index contributed by atoms with van der Waals surface area (Å²) >= 11 is 4.10. The summed E-state index contributed by atoms with van der Waals surface area (Å²) in [5.74, 6) is 0.643. The van der Waals surface area contributed by atoms with Crippen molar-refractivity contribution in [2.75, 3.05) is 12.4 Å². The van der Waals surface area contributed by atoms with E-state index in [0.717, 1.165) is 0 Å². The molecule has 1 aromatic carbocycles. The highest BCUT2D eigenvalue weighted by Gasteiger charge is 2.06. The molecule has 0 fully saturated rings. The molecule has 0 aliphatic carbocycles. The molecule has 1 aromatic rings. The van der Waals surface area contributed by atoms with Crippen LogP contribution in [-0.4, -0.2) is 12.4 Å². The Hall–Kier alpha value is -1.21. The predicted molar refractivity (Wildman–Crippen MR) is 59.6 cm³/mol. The highest BCUT2D eigenvalue weighted by atomic mass is 32.1. The lowest BCUT2D eigenvalue weighted by atomic mass is 10.2. The van der Waals surface area contributed by atoms with Gasteiger partial charge < -0.3 is 4.74 Å². The second-order valence-electron chi connectivity index (χ2n) is 3.36. The number of ether oxygens (including phenoxy) is 1. The maximum Gasteiger partial charge on any atom is 0.166 e. The Kier molecular flexibility index (Phi) is 4.44. The van der Waals surface area contributed by atoms with Crippen molar-refractivity contribution in [3.05, 3.63) is 29.6 Å². The lowest BCUT2D eigenvalue weighted by molar-refractivity contribution is 0.261. The first kappa shape index (κ1) is 11.9. The molecule has 0 amide bonds. The number of nitriles is 1. The van der Waals surface area contributed by atoms with E-state index >= 15 is 0 Å². The van der Waals surface area contributed by atoms with Gasteiger partial charge >= 0.3 is 0 Å². The fourth-order valence-electron chi connectivity index (χ4n) is 0.972. The first-order valence-corrected chi connectivity index (χ1v) is 5.24. The highest BCUT2D eigenvalue weighted by molar-refractivity contribution is 7.80. The van der Waals surface area contributed by atoms with E-state index in [-0.39, 0.29) is 11.7 Å². The largest absolute Gasteiger partial charge is 0.490 e. The van der Waals surface area contributed by atoms with Crippen LogP contribution in [0, 0.1) is 23.1 Å². The lowest BCUT2D eigenvalue weighted by Crippen LogP contribution is -2.10. The number of hydrogen-bond donors (Lipinski definition) is 1. The van der Waals surface area contributed by atoms with Crippen LogP contribution in [0.15, 0.2) is 18.2 Å². The van der Waals surface area contributed by atoms with Crippen molar-refractivity contribution in [3.8, 4) is 11.8 Å². The van der Waals surface area contributed by atoms with E-state index in [2.05, 4.69) is 12.6 Å². The summed E-state index contributed by atoms with van der Waals surface area (Å²) in [5, 5.41) is 8.54. The molecule has 0 heterocycles. The first-order valence-electron chi connectivity index (χ1n) is 4.60. The Balaban J connectivity index is 2.67. The average Bonchev–Trinajstić information content (AvgIpc) is 2.26. The van der Waals surface area contributed by atoms with Gasteiger partial charge in [-0.05, 0) is 29.9 Å². The molecule has 1 unspecified atom stereocenters. The van der Waals surface area contributed by atoms with Gasteiger partial charge in [0.25, 0.3) is 0 Å². The van der Waals surface area contributed by atoms with E-state index in [1.54, 1.807) is 0 Å². The molecule has 0 aliphatic rings. The second-order valence-corrected chi connectivity index (χ2v) is 3.72. The molecule has 0 saturated heterocycles. The first-order chi connectivity index (χ1) is 7.17. The van der Waals surface area contributed by atoms with Crippen LogP contribution in [-0.2, 0) is 0 Å². The van der Waals surface area contributed by atoms with Gasteiger partial charge in [0.2, 0.25) is 0 Å². The summed E-state index contributed by atoms with van der Waals surface area (Å²) in [6.45, 7) is 2.39. The molecule has 0 radical (unpaired) electrons. The fourth-order valence-corrected chi connectivity index (χ4v) is 1.08. The van der Waals surface area contributed by atoms with Crippen molar-refractivity contribution in [2.45, 2.75) is 6.92 Å². The number of hydrogen-bond acceptors (Lipinski definition) is 3. The zero-order valence-electron chi connectivity index (χ0n) is 8.40. The van der Waals surface area contributed by atoms with Crippen LogP contribution in [0.1, 0.15) is 12.5 Å². The third-order valence-corrected chi connectivity index (χ3v) is 2.52.